The molecule has 6 heteroatoms. The lowest BCUT2D eigenvalue weighted by atomic mass is 10.5. The molecule has 0 amide bonds. The van der Waals surface area contributed by atoms with Gasteiger partial charge in [-0.1, -0.05) is 0 Å². The molecule has 0 fully saturated rings. The fourth-order valence-corrected chi connectivity index (χ4v) is 1.28. The van der Waals surface area contributed by atoms with Crippen LogP contribution in [0, 0.1) is 0 Å². The van der Waals surface area contributed by atoms with Gasteiger partial charge in [0.05, 0.1) is 26.4 Å². The molecule has 0 saturated heterocycles. The van der Waals surface area contributed by atoms with E-state index in [-0.39, 0.29) is 0 Å². The number of hydrogen-bond acceptors (Lipinski definition) is 5. The van der Waals surface area contributed by atoms with Gasteiger partial charge in [-0.3, -0.25) is 0 Å². The van der Waals surface area contributed by atoms with Crippen LogP contribution >= 0.6 is 0 Å². The lowest BCUT2D eigenvalue weighted by molar-refractivity contribution is 0.0718. The van der Waals surface area contributed by atoms with Gasteiger partial charge >= 0.3 is 0 Å². The maximum absolute atomic E-state index is 5.32. The van der Waals surface area contributed by atoms with Crippen LogP contribution in [0.2, 0.25) is 0 Å². The number of hydrogen-bond donors (Lipinski definition) is 1. The van der Waals surface area contributed by atoms with Gasteiger partial charge in [0.25, 0.3) is 0 Å². The lowest BCUT2D eigenvalue weighted by Crippen LogP contribution is -2.22. The van der Waals surface area contributed by atoms with Crippen LogP contribution in [0.1, 0.15) is 12.7 Å². The third-order valence-electron chi connectivity index (χ3n) is 2.13. The van der Waals surface area contributed by atoms with Crippen LogP contribution in [-0.4, -0.2) is 48.2 Å². The second kappa shape index (κ2) is 8.20. The Hall–Kier alpha value is -0.980. The first-order chi connectivity index (χ1) is 7.88. The minimum Gasteiger partial charge on any atom is -0.382 e. The van der Waals surface area contributed by atoms with Crippen LogP contribution in [0.3, 0.4) is 0 Å². The van der Waals surface area contributed by atoms with E-state index in [1.807, 2.05) is 11.6 Å². The van der Waals surface area contributed by atoms with E-state index in [0.29, 0.717) is 19.8 Å². The van der Waals surface area contributed by atoms with Crippen LogP contribution in [0.5, 0.6) is 0 Å². The van der Waals surface area contributed by atoms with Crippen LogP contribution in [0.15, 0.2) is 6.33 Å². The molecule has 92 valence electrons. The highest BCUT2D eigenvalue weighted by Crippen LogP contribution is 1.92. The summed E-state index contributed by atoms with van der Waals surface area (Å²) in [6.45, 7) is 6.40. The van der Waals surface area contributed by atoms with Crippen molar-refractivity contribution >= 4 is 0 Å². The Morgan fingerprint density at radius 2 is 2.25 bits per heavy atom. The van der Waals surface area contributed by atoms with Gasteiger partial charge in [-0.05, 0) is 6.92 Å². The molecule has 0 bridgehead atoms. The first kappa shape index (κ1) is 13.1. The molecule has 1 N–H and O–H groups in total. The van der Waals surface area contributed by atoms with Crippen molar-refractivity contribution in [3.8, 4) is 0 Å². The molecule has 1 heterocycles. The summed E-state index contributed by atoms with van der Waals surface area (Å²) in [7, 11) is 1.67. The van der Waals surface area contributed by atoms with Crippen LogP contribution in [0.25, 0.3) is 0 Å². The Morgan fingerprint density at radius 1 is 1.38 bits per heavy atom. The number of nitrogens with zero attached hydrogens (tertiary/aromatic N) is 3. The van der Waals surface area contributed by atoms with Gasteiger partial charge in [0.2, 0.25) is 0 Å². The van der Waals surface area contributed by atoms with E-state index in [1.165, 1.54) is 0 Å². The Balaban J connectivity index is 2.03. The highest BCUT2D eigenvalue weighted by molar-refractivity contribution is 4.83. The predicted octanol–water partition coefficient (Wildman–Crippen LogP) is 0.0506. The molecule has 0 saturated carbocycles. The molecule has 0 aliphatic carbocycles. The second-order valence-corrected chi connectivity index (χ2v) is 3.27. The fraction of sp³-hybridized carbons (Fsp3) is 0.800. The number of rotatable bonds is 9. The molecule has 0 aliphatic rings. The Labute approximate surface area is 96.0 Å². The number of aryl methyl sites for hydroxylation is 1. The first-order valence-electron chi connectivity index (χ1n) is 5.52. The summed E-state index contributed by atoms with van der Waals surface area (Å²) in [6.07, 6.45) is 1.58. The van der Waals surface area contributed by atoms with Gasteiger partial charge in [-0.25, -0.2) is 9.67 Å². The van der Waals surface area contributed by atoms with E-state index >= 15 is 0 Å². The third-order valence-corrected chi connectivity index (χ3v) is 2.13. The summed E-state index contributed by atoms with van der Waals surface area (Å²) in [4.78, 5) is 4.16. The number of nitrogens with one attached hydrogen (secondary N) is 1. The standard InChI is InChI=1S/C10H20N4O2/c1-3-14-10(12-9-13-14)8-11-4-5-16-7-6-15-2/h9,11H,3-8H2,1-2H3. The smallest absolute Gasteiger partial charge is 0.140 e. The first-order valence-corrected chi connectivity index (χ1v) is 5.52. The predicted molar refractivity (Wildman–Crippen MR) is 60.1 cm³/mol. The number of methoxy groups -OCH3 is 1. The van der Waals surface area contributed by atoms with Gasteiger partial charge in [-0.2, -0.15) is 5.10 Å². The van der Waals surface area contributed by atoms with Crippen LogP contribution in [-0.2, 0) is 22.6 Å². The Kier molecular flexibility index (Phi) is 6.71. The molecular formula is C10H20N4O2. The van der Waals surface area contributed by atoms with Gasteiger partial charge in [0.1, 0.15) is 12.2 Å². The maximum atomic E-state index is 5.32. The third kappa shape index (κ3) is 4.69. The Morgan fingerprint density at radius 3 is 3.00 bits per heavy atom. The van der Waals surface area contributed by atoms with Gasteiger partial charge < -0.3 is 14.8 Å². The molecule has 0 unspecified atom stereocenters. The topological polar surface area (TPSA) is 61.2 Å². The average Bonchev–Trinajstić information content (AvgIpc) is 2.75. The fourth-order valence-electron chi connectivity index (χ4n) is 1.28. The zero-order valence-electron chi connectivity index (χ0n) is 9.98. The van der Waals surface area contributed by atoms with E-state index in [0.717, 1.165) is 25.5 Å². The van der Waals surface area contributed by atoms with Crippen molar-refractivity contribution < 1.29 is 9.47 Å². The molecule has 0 aliphatic heterocycles. The summed E-state index contributed by atoms with van der Waals surface area (Å²) in [5, 5.41) is 7.34. The van der Waals surface area contributed by atoms with E-state index in [1.54, 1.807) is 13.4 Å². The molecule has 1 rings (SSSR count). The zero-order valence-corrected chi connectivity index (χ0v) is 9.98. The van der Waals surface area contributed by atoms with Gasteiger partial charge in [-0.15, -0.1) is 0 Å². The van der Waals surface area contributed by atoms with Crippen molar-refractivity contribution in [1.82, 2.24) is 20.1 Å². The average molecular weight is 228 g/mol. The van der Waals surface area contributed by atoms with Crippen molar-refractivity contribution in [2.75, 3.05) is 33.5 Å². The zero-order chi connectivity index (χ0) is 11.6. The highest BCUT2D eigenvalue weighted by atomic mass is 16.5. The lowest BCUT2D eigenvalue weighted by Gasteiger charge is -2.06. The molecular weight excluding hydrogens is 208 g/mol. The molecule has 1 aromatic rings. The summed E-state index contributed by atoms with van der Waals surface area (Å²) >= 11 is 0. The second-order valence-electron chi connectivity index (χ2n) is 3.27. The molecule has 6 nitrogen and oxygen atoms in total. The quantitative estimate of drug-likeness (QED) is 0.605. The van der Waals surface area contributed by atoms with Gasteiger partial charge in [0.15, 0.2) is 0 Å². The number of aromatic nitrogens is 3. The van der Waals surface area contributed by atoms with Crippen LogP contribution in [0.4, 0.5) is 0 Å². The van der Waals surface area contributed by atoms with E-state index in [9.17, 15) is 0 Å². The minimum atomic E-state index is 0.642. The summed E-state index contributed by atoms with van der Waals surface area (Å²) in [6, 6.07) is 0. The number of ether oxygens (including phenoxy) is 2. The molecule has 0 spiro atoms. The maximum Gasteiger partial charge on any atom is 0.140 e. The van der Waals surface area contributed by atoms with Crippen molar-refractivity contribution in [3.63, 3.8) is 0 Å². The van der Waals surface area contributed by atoms with Gasteiger partial charge in [0, 0.05) is 20.2 Å². The molecule has 0 atom stereocenters. The minimum absolute atomic E-state index is 0.642. The highest BCUT2D eigenvalue weighted by Gasteiger charge is 2.00. The normalized spacial score (nSPS) is 10.9. The monoisotopic (exact) mass is 228 g/mol. The summed E-state index contributed by atoms with van der Waals surface area (Å²) in [5.74, 6) is 0.958. The SMILES string of the molecule is CCn1ncnc1CNCCOCCOC. The van der Waals surface area contributed by atoms with Crippen molar-refractivity contribution in [2.24, 2.45) is 0 Å². The van der Waals surface area contributed by atoms with Crippen molar-refractivity contribution in [1.29, 1.82) is 0 Å². The van der Waals surface area contributed by atoms with Crippen molar-refractivity contribution in [3.05, 3.63) is 12.2 Å². The van der Waals surface area contributed by atoms with E-state index in [2.05, 4.69) is 15.4 Å². The summed E-state index contributed by atoms with van der Waals surface area (Å²) in [5.41, 5.74) is 0. The molecule has 1 aromatic heterocycles. The van der Waals surface area contributed by atoms with E-state index in [4.69, 9.17) is 9.47 Å². The Bertz CT molecular complexity index is 278. The van der Waals surface area contributed by atoms with Crippen LogP contribution < -0.4 is 5.32 Å². The van der Waals surface area contributed by atoms with E-state index < -0.39 is 0 Å². The summed E-state index contributed by atoms with van der Waals surface area (Å²) < 4.78 is 12.1. The largest absolute Gasteiger partial charge is 0.382 e. The van der Waals surface area contributed by atoms with Crippen molar-refractivity contribution in [2.45, 2.75) is 20.0 Å². The molecule has 0 radical (unpaired) electrons. The molecule has 0 aromatic carbocycles. The molecule has 16 heavy (non-hydrogen) atoms.